The van der Waals surface area contributed by atoms with Crippen molar-refractivity contribution < 1.29 is 27.4 Å². The van der Waals surface area contributed by atoms with Gasteiger partial charge in [0.2, 0.25) is 10.0 Å². The molecule has 208 valence electrons. The van der Waals surface area contributed by atoms with Gasteiger partial charge in [0.25, 0.3) is 5.91 Å². The third-order valence-corrected chi connectivity index (χ3v) is 7.16. The molecule has 0 aliphatic rings. The van der Waals surface area contributed by atoms with Crippen LogP contribution >= 0.6 is 11.6 Å². The first kappa shape index (κ1) is 28.8. The van der Waals surface area contributed by atoms with E-state index in [0.717, 1.165) is 6.26 Å². The van der Waals surface area contributed by atoms with E-state index in [1.807, 2.05) is 36.4 Å². The van der Waals surface area contributed by atoms with E-state index in [0.29, 0.717) is 51.4 Å². The van der Waals surface area contributed by atoms with Crippen LogP contribution in [-0.4, -0.2) is 40.8 Å². The Hall–Kier alpha value is -4.21. The number of nitrogens with zero attached hydrogens (tertiary/aromatic N) is 1. The van der Waals surface area contributed by atoms with Crippen LogP contribution in [0.1, 0.15) is 15.9 Å². The number of carbonyl (C=O) groups is 1. The maximum Gasteiger partial charge on any atom is 0.251 e. The zero-order valence-electron chi connectivity index (χ0n) is 22.0. The molecular formula is C30H29ClN2O6S. The van der Waals surface area contributed by atoms with Crippen LogP contribution in [0.4, 0.5) is 5.69 Å². The Kier molecular flexibility index (Phi) is 9.52. The van der Waals surface area contributed by atoms with Gasteiger partial charge in [0.05, 0.1) is 32.1 Å². The molecule has 40 heavy (non-hydrogen) atoms. The molecule has 0 bridgehead atoms. The topological polar surface area (TPSA) is 94.2 Å². The molecule has 0 aliphatic carbocycles. The number of rotatable bonds is 12. The van der Waals surface area contributed by atoms with Gasteiger partial charge < -0.3 is 19.5 Å². The summed E-state index contributed by atoms with van der Waals surface area (Å²) in [7, 11) is -2.14. The molecule has 0 saturated heterocycles. The van der Waals surface area contributed by atoms with Gasteiger partial charge in [-0.15, -0.1) is 0 Å². The number of amides is 1. The molecule has 0 unspecified atom stereocenters. The fraction of sp³-hybridized carbons (Fsp3) is 0.167. The monoisotopic (exact) mass is 580 g/mol. The summed E-state index contributed by atoms with van der Waals surface area (Å²) in [5.41, 5.74) is 1.41. The van der Waals surface area contributed by atoms with Gasteiger partial charge in [-0.25, -0.2) is 8.42 Å². The summed E-state index contributed by atoms with van der Waals surface area (Å²) >= 11 is 6.24. The lowest BCUT2D eigenvalue weighted by Crippen LogP contribution is -2.30. The highest BCUT2D eigenvalue weighted by atomic mass is 35.5. The minimum atomic E-state index is -3.72. The second-order valence-corrected chi connectivity index (χ2v) is 11.1. The molecule has 0 aliphatic heterocycles. The summed E-state index contributed by atoms with van der Waals surface area (Å²) in [6.45, 7) is 0.604. The number of nitrogens with one attached hydrogen (secondary N) is 1. The second kappa shape index (κ2) is 13.2. The summed E-state index contributed by atoms with van der Waals surface area (Å²) in [5, 5.41) is 3.18. The summed E-state index contributed by atoms with van der Waals surface area (Å²) in [6.07, 6.45) is 1.12. The normalized spacial score (nSPS) is 11.0. The van der Waals surface area contributed by atoms with Crippen molar-refractivity contribution in [3.63, 3.8) is 0 Å². The number of ether oxygens (including phenoxy) is 3. The Morgan fingerprint density at radius 2 is 1.57 bits per heavy atom. The summed E-state index contributed by atoms with van der Waals surface area (Å²) in [4.78, 5) is 12.6. The number of hydrogen-bond acceptors (Lipinski definition) is 6. The Morgan fingerprint density at radius 1 is 0.875 bits per heavy atom. The highest BCUT2D eigenvalue weighted by molar-refractivity contribution is 7.92. The number of hydrogen-bond donors (Lipinski definition) is 1. The maximum absolute atomic E-state index is 12.9. The second-order valence-electron chi connectivity index (χ2n) is 8.78. The van der Waals surface area contributed by atoms with E-state index in [1.165, 1.54) is 4.31 Å². The van der Waals surface area contributed by atoms with Crippen molar-refractivity contribution in [3.05, 3.63) is 113 Å². The molecule has 4 rings (SSSR count). The number of benzene rings is 4. The highest BCUT2D eigenvalue weighted by Crippen LogP contribution is 2.36. The van der Waals surface area contributed by atoms with Crippen LogP contribution in [-0.2, 0) is 16.6 Å². The van der Waals surface area contributed by atoms with Crippen LogP contribution < -0.4 is 23.8 Å². The lowest BCUT2D eigenvalue weighted by Gasteiger charge is -2.25. The molecule has 10 heteroatoms. The molecule has 0 aromatic heterocycles. The minimum Gasteiger partial charge on any atom is -0.497 e. The number of anilines is 1. The average molecular weight is 581 g/mol. The zero-order valence-corrected chi connectivity index (χ0v) is 23.6. The fourth-order valence-corrected chi connectivity index (χ4v) is 4.87. The number of halogens is 1. The van der Waals surface area contributed by atoms with Gasteiger partial charge in [0.1, 0.15) is 23.9 Å². The summed E-state index contributed by atoms with van der Waals surface area (Å²) in [6, 6.07) is 27.8. The van der Waals surface area contributed by atoms with Gasteiger partial charge in [-0.2, -0.15) is 0 Å². The van der Waals surface area contributed by atoms with Crippen LogP contribution in [0.25, 0.3) is 0 Å². The average Bonchev–Trinajstić information content (AvgIpc) is 2.95. The first-order valence-electron chi connectivity index (χ1n) is 12.4. The molecule has 1 amide bonds. The van der Waals surface area contributed by atoms with Crippen molar-refractivity contribution >= 4 is 33.2 Å². The van der Waals surface area contributed by atoms with E-state index in [1.54, 1.807) is 67.8 Å². The summed E-state index contributed by atoms with van der Waals surface area (Å²) in [5.74, 6) is 1.96. The van der Waals surface area contributed by atoms with E-state index in [9.17, 15) is 13.2 Å². The van der Waals surface area contributed by atoms with Crippen LogP contribution in [0, 0.1) is 0 Å². The number of para-hydroxylation sites is 1. The highest BCUT2D eigenvalue weighted by Gasteiger charge is 2.23. The maximum atomic E-state index is 12.9. The van der Waals surface area contributed by atoms with Gasteiger partial charge in [0, 0.05) is 16.7 Å². The van der Waals surface area contributed by atoms with Gasteiger partial charge in [-0.3, -0.25) is 9.10 Å². The van der Waals surface area contributed by atoms with Crippen LogP contribution in [0.3, 0.4) is 0 Å². The Morgan fingerprint density at radius 3 is 2.27 bits per heavy atom. The molecule has 4 aromatic rings. The van der Waals surface area contributed by atoms with Gasteiger partial charge in [-0.1, -0.05) is 48.0 Å². The Bertz CT molecular complexity index is 1550. The van der Waals surface area contributed by atoms with Crippen molar-refractivity contribution in [2.45, 2.75) is 6.54 Å². The number of sulfonamides is 1. The molecular weight excluding hydrogens is 552 g/mol. The first-order chi connectivity index (χ1) is 19.2. The smallest absolute Gasteiger partial charge is 0.251 e. The Balaban J connectivity index is 1.42. The van der Waals surface area contributed by atoms with E-state index in [2.05, 4.69) is 5.32 Å². The van der Waals surface area contributed by atoms with Crippen molar-refractivity contribution in [1.29, 1.82) is 0 Å². The van der Waals surface area contributed by atoms with Crippen molar-refractivity contribution in [1.82, 2.24) is 5.32 Å². The fourth-order valence-electron chi connectivity index (χ4n) is 3.82. The number of methoxy groups -OCH3 is 1. The molecule has 1 N–H and O–H groups in total. The third kappa shape index (κ3) is 7.91. The van der Waals surface area contributed by atoms with Crippen molar-refractivity contribution in [2.75, 3.05) is 30.8 Å². The standard InChI is InChI=1S/C30H29ClN2O6S/c1-37-26-9-6-10-27(20-26)38-18-17-32-30(34)23-13-11-22(12-14-23)21-33(40(2,35)36)28-19-24(31)15-16-29(28)39-25-7-4-3-5-8-25/h3-16,19-20H,17-18,21H2,1-2H3,(H,32,34). The van der Waals surface area contributed by atoms with E-state index < -0.39 is 10.0 Å². The quantitative estimate of drug-likeness (QED) is 0.209. The van der Waals surface area contributed by atoms with Gasteiger partial charge in [-0.05, 0) is 60.2 Å². The molecule has 4 aromatic carbocycles. The largest absolute Gasteiger partial charge is 0.497 e. The predicted molar refractivity (Wildman–Crippen MR) is 156 cm³/mol. The van der Waals surface area contributed by atoms with Gasteiger partial charge >= 0.3 is 0 Å². The van der Waals surface area contributed by atoms with Crippen LogP contribution in [0.2, 0.25) is 5.02 Å². The lowest BCUT2D eigenvalue weighted by molar-refractivity contribution is 0.0947. The molecule has 0 heterocycles. The SMILES string of the molecule is COc1cccc(OCCNC(=O)c2ccc(CN(c3cc(Cl)ccc3Oc3ccccc3)S(C)(=O)=O)cc2)c1. The molecule has 0 atom stereocenters. The summed E-state index contributed by atoms with van der Waals surface area (Å²) < 4.78 is 43.7. The zero-order chi connectivity index (χ0) is 28.5. The first-order valence-corrected chi connectivity index (χ1v) is 14.6. The van der Waals surface area contributed by atoms with Crippen LogP contribution in [0.5, 0.6) is 23.0 Å². The number of carbonyl (C=O) groups excluding carboxylic acids is 1. The molecule has 8 nitrogen and oxygen atoms in total. The van der Waals surface area contributed by atoms with E-state index >= 15 is 0 Å². The lowest BCUT2D eigenvalue weighted by atomic mass is 10.1. The van der Waals surface area contributed by atoms with E-state index in [-0.39, 0.29) is 19.1 Å². The molecule has 0 saturated carbocycles. The van der Waals surface area contributed by atoms with Crippen molar-refractivity contribution in [2.24, 2.45) is 0 Å². The van der Waals surface area contributed by atoms with Crippen molar-refractivity contribution in [3.8, 4) is 23.0 Å². The predicted octanol–water partition coefficient (Wildman–Crippen LogP) is 5.92. The third-order valence-electron chi connectivity index (χ3n) is 5.80. The Labute approximate surface area is 239 Å². The minimum absolute atomic E-state index is 0.0145. The molecule has 0 fully saturated rings. The molecule has 0 spiro atoms. The molecule has 0 radical (unpaired) electrons. The van der Waals surface area contributed by atoms with Gasteiger partial charge in [0.15, 0.2) is 5.75 Å². The van der Waals surface area contributed by atoms with E-state index in [4.69, 9.17) is 25.8 Å². The van der Waals surface area contributed by atoms with Crippen LogP contribution in [0.15, 0.2) is 97.1 Å².